The van der Waals surface area contributed by atoms with Gasteiger partial charge in [0, 0.05) is 18.8 Å². The van der Waals surface area contributed by atoms with E-state index in [4.69, 9.17) is 5.11 Å². The van der Waals surface area contributed by atoms with Crippen molar-refractivity contribution >= 4 is 17.7 Å². The summed E-state index contributed by atoms with van der Waals surface area (Å²) in [5, 5.41) is 11.6. The van der Waals surface area contributed by atoms with E-state index in [1.54, 1.807) is 24.3 Å². The molecule has 1 aliphatic carbocycles. The number of rotatable bonds is 7. The predicted octanol–water partition coefficient (Wildman–Crippen LogP) is 2.97. The Hall–Kier alpha value is -2.04. The average molecular weight is 290 g/mol. The number of hydrogen-bond donors (Lipinski definition) is 2. The fourth-order valence-electron chi connectivity index (χ4n) is 2.24. The van der Waals surface area contributed by atoms with Crippen LogP contribution in [-0.2, 0) is 11.2 Å². The maximum absolute atomic E-state index is 12.2. The van der Waals surface area contributed by atoms with Gasteiger partial charge in [0.15, 0.2) is 0 Å². The van der Waals surface area contributed by atoms with Gasteiger partial charge in [-0.05, 0) is 42.9 Å². The van der Waals surface area contributed by atoms with E-state index in [2.05, 4.69) is 12.2 Å². The molecule has 0 aliphatic heterocycles. The van der Waals surface area contributed by atoms with Gasteiger partial charge in [0.05, 0.1) is 6.42 Å². The molecule has 1 fully saturated rings. The summed E-state index contributed by atoms with van der Waals surface area (Å²) in [5.41, 5.74) is 1.43. The third-order valence-corrected chi connectivity index (χ3v) is 3.52. The summed E-state index contributed by atoms with van der Waals surface area (Å²) in [6.45, 7) is 3.66. The minimum absolute atomic E-state index is 0.00212. The lowest BCUT2D eigenvalue weighted by Crippen LogP contribution is -2.37. The molecule has 1 saturated carbocycles. The molecule has 1 aromatic rings. The summed E-state index contributed by atoms with van der Waals surface area (Å²) < 4.78 is 0. The number of carbonyl (C=O) groups is 2. The fraction of sp³-hybridized carbons (Fsp3) is 0.500. The molecule has 0 bridgehead atoms. The minimum atomic E-state index is -0.856. The average Bonchev–Trinajstić information content (AvgIpc) is 3.24. The van der Waals surface area contributed by atoms with Crippen LogP contribution in [-0.4, -0.2) is 35.1 Å². The minimum Gasteiger partial charge on any atom is -0.481 e. The van der Waals surface area contributed by atoms with Gasteiger partial charge in [0.2, 0.25) is 0 Å². The lowest BCUT2D eigenvalue weighted by molar-refractivity contribution is -0.136. The number of carbonyl (C=O) groups excluding carboxylic acids is 1. The Balaban J connectivity index is 1.91. The molecule has 2 amide bonds. The van der Waals surface area contributed by atoms with Crippen LogP contribution in [0.4, 0.5) is 10.5 Å². The first-order valence-electron chi connectivity index (χ1n) is 7.45. The Bertz CT molecular complexity index is 495. The van der Waals surface area contributed by atoms with Crippen molar-refractivity contribution in [2.24, 2.45) is 5.92 Å². The van der Waals surface area contributed by atoms with Gasteiger partial charge >= 0.3 is 12.0 Å². The molecule has 1 aromatic carbocycles. The fourth-order valence-corrected chi connectivity index (χ4v) is 2.24. The van der Waals surface area contributed by atoms with Crippen LogP contribution in [0.25, 0.3) is 0 Å². The van der Waals surface area contributed by atoms with Crippen molar-refractivity contribution in [3.05, 3.63) is 29.8 Å². The van der Waals surface area contributed by atoms with Crippen molar-refractivity contribution in [1.82, 2.24) is 4.90 Å². The van der Waals surface area contributed by atoms with E-state index >= 15 is 0 Å². The van der Waals surface area contributed by atoms with Crippen molar-refractivity contribution < 1.29 is 14.7 Å². The van der Waals surface area contributed by atoms with Gasteiger partial charge in [-0.15, -0.1) is 0 Å². The molecule has 0 spiro atoms. The number of anilines is 1. The second-order valence-corrected chi connectivity index (χ2v) is 5.59. The first-order chi connectivity index (χ1) is 10.1. The number of aliphatic carboxylic acids is 1. The zero-order valence-electron chi connectivity index (χ0n) is 12.3. The third-order valence-electron chi connectivity index (χ3n) is 3.52. The summed E-state index contributed by atoms with van der Waals surface area (Å²) >= 11 is 0. The molecular weight excluding hydrogens is 268 g/mol. The van der Waals surface area contributed by atoms with Crippen molar-refractivity contribution in [3.8, 4) is 0 Å². The Morgan fingerprint density at radius 1 is 1.29 bits per heavy atom. The summed E-state index contributed by atoms with van der Waals surface area (Å²) in [6, 6.07) is 6.88. The highest BCUT2D eigenvalue weighted by molar-refractivity contribution is 5.89. The van der Waals surface area contributed by atoms with Crippen LogP contribution in [0.3, 0.4) is 0 Å². The number of benzene rings is 1. The molecule has 0 radical (unpaired) electrons. The largest absolute Gasteiger partial charge is 0.481 e. The Morgan fingerprint density at radius 2 is 1.95 bits per heavy atom. The normalized spacial score (nSPS) is 13.8. The molecule has 2 rings (SSSR count). The van der Waals surface area contributed by atoms with Crippen LogP contribution in [0.15, 0.2) is 24.3 Å². The molecule has 2 N–H and O–H groups in total. The Morgan fingerprint density at radius 3 is 2.48 bits per heavy atom. The lowest BCUT2D eigenvalue weighted by Gasteiger charge is -2.22. The van der Waals surface area contributed by atoms with Crippen LogP contribution in [0.1, 0.15) is 31.7 Å². The van der Waals surface area contributed by atoms with Crippen LogP contribution in [0.5, 0.6) is 0 Å². The SMILES string of the molecule is CCCN(CC1CC1)C(=O)Nc1ccc(CC(=O)O)cc1. The summed E-state index contributed by atoms with van der Waals surface area (Å²) in [6.07, 6.45) is 3.38. The monoisotopic (exact) mass is 290 g/mol. The van der Waals surface area contributed by atoms with Crippen molar-refractivity contribution in [2.45, 2.75) is 32.6 Å². The van der Waals surface area contributed by atoms with E-state index in [0.717, 1.165) is 25.1 Å². The number of nitrogens with one attached hydrogen (secondary N) is 1. The Kier molecular flexibility index (Phi) is 5.20. The van der Waals surface area contributed by atoms with E-state index in [-0.39, 0.29) is 12.5 Å². The van der Waals surface area contributed by atoms with Crippen LogP contribution >= 0.6 is 0 Å². The first kappa shape index (κ1) is 15.4. The molecule has 0 heterocycles. The van der Waals surface area contributed by atoms with Crippen LogP contribution < -0.4 is 5.32 Å². The maximum Gasteiger partial charge on any atom is 0.321 e. The molecular formula is C16H22N2O3. The first-order valence-corrected chi connectivity index (χ1v) is 7.45. The summed E-state index contributed by atoms with van der Waals surface area (Å²) in [5.74, 6) is -0.189. The van der Waals surface area contributed by atoms with Crippen LogP contribution in [0, 0.1) is 5.92 Å². The van der Waals surface area contributed by atoms with Crippen molar-refractivity contribution in [2.75, 3.05) is 18.4 Å². The number of hydrogen-bond acceptors (Lipinski definition) is 2. The van der Waals surface area contributed by atoms with E-state index < -0.39 is 5.97 Å². The number of carboxylic acids is 1. The molecule has 1 aliphatic rings. The van der Waals surface area contributed by atoms with Gasteiger partial charge in [-0.1, -0.05) is 19.1 Å². The van der Waals surface area contributed by atoms with Gasteiger partial charge < -0.3 is 15.3 Å². The standard InChI is InChI=1S/C16H22N2O3/c1-2-9-18(11-13-3-4-13)16(21)17-14-7-5-12(6-8-14)10-15(19)20/h5-8,13H,2-4,9-11H2,1H3,(H,17,21)(H,19,20). The molecule has 0 saturated heterocycles. The molecule has 5 nitrogen and oxygen atoms in total. The summed E-state index contributed by atoms with van der Waals surface area (Å²) in [4.78, 5) is 24.7. The third kappa shape index (κ3) is 5.10. The topological polar surface area (TPSA) is 69.6 Å². The van der Waals surface area contributed by atoms with Gasteiger partial charge in [0.1, 0.15) is 0 Å². The van der Waals surface area contributed by atoms with E-state index in [9.17, 15) is 9.59 Å². The second-order valence-electron chi connectivity index (χ2n) is 5.59. The molecule has 5 heteroatoms. The molecule has 0 atom stereocenters. The maximum atomic E-state index is 12.2. The van der Waals surface area contributed by atoms with Gasteiger partial charge in [-0.2, -0.15) is 0 Å². The van der Waals surface area contributed by atoms with Crippen molar-refractivity contribution in [1.29, 1.82) is 0 Å². The molecule has 21 heavy (non-hydrogen) atoms. The second kappa shape index (κ2) is 7.11. The smallest absolute Gasteiger partial charge is 0.321 e. The highest BCUT2D eigenvalue weighted by Crippen LogP contribution is 2.30. The van der Waals surface area contributed by atoms with Crippen LogP contribution in [0.2, 0.25) is 0 Å². The predicted molar refractivity (Wildman–Crippen MR) is 81.4 cm³/mol. The molecule has 114 valence electrons. The number of amides is 2. The number of carboxylic acid groups (broad SMARTS) is 1. The van der Waals surface area contributed by atoms with Gasteiger partial charge in [-0.25, -0.2) is 4.79 Å². The zero-order valence-corrected chi connectivity index (χ0v) is 12.3. The number of nitrogens with zero attached hydrogens (tertiary/aromatic N) is 1. The van der Waals surface area contributed by atoms with Crippen molar-refractivity contribution in [3.63, 3.8) is 0 Å². The summed E-state index contributed by atoms with van der Waals surface area (Å²) in [7, 11) is 0. The van der Waals surface area contributed by atoms with E-state index in [1.165, 1.54) is 12.8 Å². The van der Waals surface area contributed by atoms with Gasteiger partial charge in [0.25, 0.3) is 0 Å². The Labute approximate surface area is 125 Å². The zero-order chi connectivity index (χ0) is 15.2. The lowest BCUT2D eigenvalue weighted by atomic mass is 10.1. The number of urea groups is 1. The highest BCUT2D eigenvalue weighted by Gasteiger charge is 2.26. The van der Waals surface area contributed by atoms with E-state index in [1.807, 2.05) is 4.90 Å². The molecule has 0 aromatic heterocycles. The quantitative estimate of drug-likeness (QED) is 0.811. The highest BCUT2D eigenvalue weighted by atomic mass is 16.4. The molecule has 0 unspecified atom stereocenters. The van der Waals surface area contributed by atoms with Gasteiger partial charge in [-0.3, -0.25) is 4.79 Å². The van der Waals surface area contributed by atoms with E-state index in [0.29, 0.717) is 11.6 Å².